The number of nitrogens with one attached hydrogen (secondary N) is 1. The molecule has 106 valence electrons. The SMILES string of the molecule is CCS(=O)(=O)NC[C@]1(O)CCN(c2ccccn2)C1. The zero-order valence-electron chi connectivity index (χ0n) is 10.9. The van der Waals surface area contributed by atoms with E-state index in [1.165, 1.54) is 0 Å². The van der Waals surface area contributed by atoms with Crippen molar-refractivity contribution in [2.75, 3.05) is 30.3 Å². The van der Waals surface area contributed by atoms with Crippen LogP contribution in [0, 0.1) is 0 Å². The summed E-state index contributed by atoms with van der Waals surface area (Å²) in [6.45, 7) is 2.67. The highest BCUT2D eigenvalue weighted by Gasteiger charge is 2.37. The Morgan fingerprint density at radius 3 is 2.95 bits per heavy atom. The van der Waals surface area contributed by atoms with Gasteiger partial charge in [0.15, 0.2) is 0 Å². The summed E-state index contributed by atoms with van der Waals surface area (Å²) in [6, 6.07) is 5.60. The van der Waals surface area contributed by atoms with E-state index < -0.39 is 15.6 Å². The van der Waals surface area contributed by atoms with Gasteiger partial charge < -0.3 is 10.0 Å². The Labute approximate surface area is 113 Å². The number of aromatic nitrogens is 1. The monoisotopic (exact) mass is 285 g/mol. The first-order valence-electron chi connectivity index (χ1n) is 6.30. The third-order valence-electron chi connectivity index (χ3n) is 3.31. The van der Waals surface area contributed by atoms with Crippen LogP contribution in [-0.4, -0.2) is 49.5 Å². The Bertz CT molecular complexity index is 520. The van der Waals surface area contributed by atoms with Gasteiger partial charge in [-0.05, 0) is 25.5 Å². The summed E-state index contributed by atoms with van der Waals surface area (Å²) in [5.41, 5.74) is -1.03. The minimum Gasteiger partial charge on any atom is -0.387 e. The molecule has 0 aliphatic carbocycles. The van der Waals surface area contributed by atoms with Crippen molar-refractivity contribution >= 4 is 15.8 Å². The Balaban J connectivity index is 1.97. The van der Waals surface area contributed by atoms with Crippen LogP contribution in [0.5, 0.6) is 0 Å². The molecule has 2 rings (SSSR count). The summed E-state index contributed by atoms with van der Waals surface area (Å²) >= 11 is 0. The minimum atomic E-state index is -3.27. The predicted octanol–water partition coefficient (Wildman–Crippen LogP) is -0.0379. The van der Waals surface area contributed by atoms with Gasteiger partial charge in [-0.25, -0.2) is 18.1 Å². The van der Waals surface area contributed by atoms with Crippen molar-refractivity contribution in [3.05, 3.63) is 24.4 Å². The molecule has 0 saturated carbocycles. The van der Waals surface area contributed by atoms with Gasteiger partial charge in [0.25, 0.3) is 0 Å². The van der Waals surface area contributed by atoms with E-state index in [1.807, 2.05) is 23.1 Å². The van der Waals surface area contributed by atoms with E-state index in [0.717, 1.165) is 5.82 Å². The molecule has 0 radical (unpaired) electrons. The van der Waals surface area contributed by atoms with Gasteiger partial charge in [-0.1, -0.05) is 6.07 Å². The second-order valence-corrected chi connectivity index (χ2v) is 6.90. The number of hydrogen-bond acceptors (Lipinski definition) is 5. The number of anilines is 1. The van der Waals surface area contributed by atoms with E-state index >= 15 is 0 Å². The summed E-state index contributed by atoms with van der Waals surface area (Å²) in [7, 11) is -3.27. The first-order valence-corrected chi connectivity index (χ1v) is 7.95. The van der Waals surface area contributed by atoms with Crippen LogP contribution in [0.15, 0.2) is 24.4 Å². The van der Waals surface area contributed by atoms with E-state index in [-0.39, 0.29) is 12.3 Å². The molecule has 1 fully saturated rings. The molecule has 1 aliphatic rings. The second kappa shape index (κ2) is 5.44. The summed E-state index contributed by atoms with van der Waals surface area (Å²) in [4.78, 5) is 6.19. The van der Waals surface area contributed by atoms with Crippen molar-refractivity contribution in [3.63, 3.8) is 0 Å². The van der Waals surface area contributed by atoms with Gasteiger partial charge in [0.05, 0.1) is 11.4 Å². The zero-order valence-corrected chi connectivity index (χ0v) is 11.7. The maximum atomic E-state index is 11.4. The average Bonchev–Trinajstić information content (AvgIpc) is 2.81. The minimum absolute atomic E-state index is 0.0209. The van der Waals surface area contributed by atoms with Gasteiger partial charge in [0.1, 0.15) is 5.82 Å². The first-order chi connectivity index (χ1) is 8.94. The van der Waals surface area contributed by atoms with Gasteiger partial charge in [0.2, 0.25) is 10.0 Å². The van der Waals surface area contributed by atoms with Crippen LogP contribution < -0.4 is 9.62 Å². The fourth-order valence-electron chi connectivity index (χ4n) is 2.08. The largest absolute Gasteiger partial charge is 0.387 e. The zero-order chi connectivity index (χ0) is 13.9. The maximum absolute atomic E-state index is 11.4. The van der Waals surface area contributed by atoms with Crippen LogP contribution in [-0.2, 0) is 10.0 Å². The average molecular weight is 285 g/mol. The molecule has 0 amide bonds. The quantitative estimate of drug-likeness (QED) is 0.793. The lowest BCUT2D eigenvalue weighted by Crippen LogP contribution is -2.45. The first kappa shape index (κ1) is 14.2. The fraction of sp³-hybridized carbons (Fsp3) is 0.583. The van der Waals surface area contributed by atoms with Gasteiger partial charge in [-0.2, -0.15) is 0 Å². The third-order valence-corrected chi connectivity index (χ3v) is 4.65. The molecule has 1 atom stereocenters. The van der Waals surface area contributed by atoms with Gasteiger partial charge in [0, 0.05) is 25.8 Å². The highest BCUT2D eigenvalue weighted by atomic mass is 32.2. The molecule has 1 aliphatic heterocycles. The smallest absolute Gasteiger partial charge is 0.211 e. The lowest BCUT2D eigenvalue weighted by molar-refractivity contribution is 0.0686. The summed E-state index contributed by atoms with van der Waals surface area (Å²) in [5, 5.41) is 10.4. The summed E-state index contributed by atoms with van der Waals surface area (Å²) in [5.74, 6) is 0.823. The van der Waals surface area contributed by atoms with E-state index in [4.69, 9.17) is 0 Å². The predicted molar refractivity (Wildman–Crippen MR) is 73.5 cm³/mol. The molecule has 6 nitrogen and oxygen atoms in total. The summed E-state index contributed by atoms with van der Waals surface area (Å²) in [6.07, 6.45) is 2.22. The molecule has 2 N–H and O–H groups in total. The summed E-state index contributed by atoms with van der Waals surface area (Å²) < 4.78 is 25.2. The Morgan fingerprint density at radius 1 is 1.53 bits per heavy atom. The number of sulfonamides is 1. The molecule has 1 aromatic heterocycles. The van der Waals surface area contributed by atoms with E-state index in [0.29, 0.717) is 19.5 Å². The molecule has 0 bridgehead atoms. The van der Waals surface area contributed by atoms with E-state index in [2.05, 4.69) is 9.71 Å². The van der Waals surface area contributed by atoms with Crippen LogP contribution >= 0.6 is 0 Å². The van der Waals surface area contributed by atoms with E-state index in [9.17, 15) is 13.5 Å². The van der Waals surface area contributed by atoms with Crippen LogP contribution in [0.1, 0.15) is 13.3 Å². The molecule has 2 heterocycles. The number of hydrogen-bond donors (Lipinski definition) is 2. The molecular formula is C12H19N3O3S. The molecule has 1 aromatic rings. The van der Waals surface area contributed by atoms with Crippen molar-refractivity contribution < 1.29 is 13.5 Å². The molecule has 0 spiro atoms. The van der Waals surface area contributed by atoms with Crippen molar-refractivity contribution in [1.82, 2.24) is 9.71 Å². The second-order valence-electron chi connectivity index (χ2n) is 4.81. The molecule has 7 heteroatoms. The Morgan fingerprint density at radius 2 is 2.32 bits per heavy atom. The van der Waals surface area contributed by atoms with Crippen LogP contribution in [0.2, 0.25) is 0 Å². The van der Waals surface area contributed by atoms with Crippen LogP contribution in [0.3, 0.4) is 0 Å². The van der Waals surface area contributed by atoms with E-state index in [1.54, 1.807) is 13.1 Å². The van der Waals surface area contributed by atoms with Crippen molar-refractivity contribution in [1.29, 1.82) is 0 Å². The number of pyridine rings is 1. The van der Waals surface area contributed by atoms with Crippen LogP contribution in [0.25, 0.3) is 0 Å². The highest BCUT2D eigenvalue weighted by molar-refractivity contribution is 7.89. The van der Waals surface area contributed by atoms with Gasteiger partial charge >= 0.3 is 0 Å². The number of aliphatic hydroxyl groups is 1. The highest BCUT2D eigenvalue weighted by Crippen LogP contribution is 2.24. The normalized spacial score (nSPS) is 23.8. The van der Waals surface area contributed by atoms with Crippen LogP contribution in [0.4, 0.5) is 5.82 Å². The van der Waals surface area contributed by atoms with Gasteiger partial charge in [-0.3, -0.25) is 0 Å². The molecule has 0 aromatic carbocycles. The standard InChI is InChI=1S/C12H19N3O3S/c1-2-19(17,18)14-9-12(16)6-8-15(10-12)11-5-3-4-7-13-11/h3-5,7,14,16H,2,6,8-10H2,1H3/t12-/m1/s1. The third kappa shape index (κ3) is 3.65. The Hall–Kier alpha value is -1.18. The Kier molecular flexibility index (Phi) is 4.07. The van der Waals surface area contributed by atoms with Crippen molar-refractivity contribution in [2.24, 2.45) is 0 Å². The number of nitrogens with zero attached hydrogens (tertiary/aromatic N) is 2. The van der Waals surface area contributed by atoms with Crippen molar-refractivity contribution in [3.8, 4) is 0 Å². The number of rotatable bonds is 5. The van der Waals surface area contributed by atoms with Crippen molar-refractivity contribution in [2.45, 2.75) is 18.9 Å². The molecular weight excluding hydrogens is 266 g/mol. The molecule has 1 saturated heterocycles. The molecule has 0 unspecified atom stereocenters. The maximum Gasteiger partial charge on any atom is 0.211 e. The fourth-order valence-corrected chi connectivity index (χ4v) is 2.78. The topological polar surface area (TPSA) is 82.5 Å². The lowest BCUT2D eigenvalue weighted by atomic mass is 10.0. The number of β-amino-alcohol motifs (C(OH)–C–C–N with tert-alkyl or cyclic N) is 1. The lowest BCUT2D eigenvalue weighted by Gasteiger charge is -2.24. The molecule has 19 heavy (non-hydrogen) atoms. The van der Waals surface area contributed by atoms with Gasteiger partial charge in [-0.15, -0.1) is 0 Å².